The maximum absolute atomic E-state index is 9.95. The molecule has 6 heteroatoms. The number of thiocarbonyl (C=S) groups is 1. The van der Waals surface area contributed by atoms with E-state index in [1.807, 2.05) is 12.1 Å². The highest BCUT2D eigenvalue weighted by Crippen LogP contribution is 2.35. The van der Waals surface area contributed by atoms with Crippen LogP contribution >= 0.6 is 28.1 Å². The Morgan fingerprint density at radius 3 is 2.48 bits per heavy atom. The van der Waals surface area contributed by atoms with E-state index in [-0.39, 0.29) is 5.75 Å². The normalized spacial score (nSPS) is 15.2. The Balaban J connectivity index is 1.63. The van der Waals surface area contributed by atoms with Crippen LogP contribution in [0.3, 0.4) is 0 Å². The van der Waals surface area contributed by atoms with Crippen molar-refractivity contribution >= 4 is 33.1 Å². The Morgan fingerprint density at radius 1 is 1.16 bits per heavy atom. The third-order valence-corrected chi connectivity index (χ3v) is 5.50. The van der Waals surface area contributed by atoms with Gasteiger partial charge in [0.15, 0.2) is 11.5 Å². The van der Waals surface area contributed by atoms with E-state index in [0.717, 1.165) is 43.3 Å². The van der Waals surface area contributed by atoms with Gasteiger partial charge in [-0.05, 0) is 33.6 Å². The SMILES string of the molecule is COc1cc(C(=S)N2CCN(Cc3ccccc3)CC2)cc(Br)c1O. The first kappa shape index (κ1) is 18.2. The van der Waals surface area contributed by atoms with Crippen molar-refractivity contribution in [3.63, 3.8) is 0 Å². The maximum Gasteiger partial charge on any atom is 0.172 e. The Bertz CT molecular complexity index is 747. The molecule has 0 aliphatic carbocycles. The number of phenols is 1. The summed E-state index contributed by atoms with van der Waals surface area (Å²) in [4.78, 5) is 5.45. The maximum atomic E-state index is 9.95. The van der Waals surface area contributed by atoms with Crippen molar-refractivity contribution in [1.82, 2.24) is 9.80 Å². The molecule has 1 aliphatic rings. The summed E-state index contributed by atoms with van der Waals surface area (Å²) in [6.07, 6.45) is 0. The Morgan fingerprint density at radius 2 is 1.84 bits per heavy atom. The van der Waals surface area contributed by atoms with E-state index >= 15 is 0 Å². The van der Waals surface area contributed by atoms with Crippen molar-refractivity contribution in [3.8, 4) is 11.5 Å². The van der Waals surface area contributed by atoms with E-state index in [2.05, 4.69) is 50.0 Å². The molecule has 0 aromatic heterocycles. The third-order valence-electron chi connectivity index (χ3n) is 4.40. The number of hydrogen-bond acceptors (Lipinski definition) is 4. The Kier molecular flexibility index (Phi) is 5.93. The highest BCUT2D eigenvalue weighted by molar-refractivity contribution is 9.10. The molecule has 1 N–H and O–H groups in total. The van der Waals surface area contributed by atoms with Gasteiger partial charge in [0.1, 0.15) is 4.99 Å². The highest BCUT2D eigenvalue weighted by Gasteiger charge is 2.21. The van der Waals surface area contributed by atoms with E-state index in [4.69, 9.17) is 17.0 Å². The monoisotopic (exact) mass is 420 g/mol. The molecule has 1 saturated heterocycles. The minimum absolute atomic E-state index is 0.0988. The largest absolute Gasteiger partial charge is 0.503 e. The lowest BCUT2D eigenvalue weighted by molar-refractivity contribution is 0.177. The molecular formula is C19H21BrN2O2S. The molecule has 0 radical (unpaired) electrons. The molecule has 1 heterocycles. The van der Waals surface area contributed by atoms with Gasteiger partial charge < -0.3 is 14.7 Å². The summed E-state index contributed by atoms with van der Waals surface area (Å²) in [7, 11) is 1.54. The number of hydrogen-bond donors (Lipinski definition) is 1. The van der Waals surface area contributed by atoms with Crippen LogP contribution in [0.1, 0.15) is 11.1 Å². The van der Waals surface area contributed by atoms with Crippen LogP contribution < -0.4 is 4.74 Å². The molecule has 4 nitrogen and oxygen atoms in total. The summed E-state index contributed by atoms with van der Waals surface area (Å²) < 4.78 is 5.81. The van der Waals surface area contributed by atoms with Gasteiger partial charge in [-0.25, -0.2) is 0 Å². The lowest BCUT2D eigenvalue weighted by Gasteiger charge is -2.36. The first-order chi connectivity index (χ1) is 12.1. The molecule has 2 aromatic carbocycles. The number of benzene rings is 2. The smallest absolute Gasteiger partial charge is 0.172 e. The van der Waals surface area contributed by atoms with Gasteiger partial charge in [0.2, 0.25) is 0 Å². The molecule has 0 unspecified atom stereocenters. The van der Waals surface area contributed by atoms with Gasteiger partial charge in [0.05, 0.1) is 11.6 Å². The van der Waals surface area contributed by atoms with E-state index in [1.165, 1.54) is 12.7 Å². The van der Waals surface area contributed by atoms with Gasteiger partial charge in [-0.15, -0.1) is 0 Å². The van der Waals surface area contributed by atoms with E-state index < -0.39 is 0 Å². The number of piperazine rings is 1. The number of phenolic OH excluding ortho intramolecular Hbond substituents is 1. The molecule has 0 saturated carbocycles. The molecular weight excluding hydrogens is 400 g/mol. The summed E-state index contributed by atoms with van der Waals surface area (Å²) in [5, 5.41) is 9.95. The van der Waals surface area contributed by atoms with E-state index in [0.29, 0.717) is 10.2 Å². The zero-order valence-corrected chi connectivity index (χ0v) is 16.5. The second kappa shape index (κ2) is 8.17. The van der Waals surface area contributed by atoms with Crippen LogP contribution in [0.15, 0.2) is 46.9 Å². The standard InChI is InChI=1S/C19H21BrN2O2S/c1-24-17-12-15(11-16(20)18(17)23)19(25)22-9-7-21(8-10-22)13-14-5-3-2-4-6-14/h2-6,11-12,23H,7-10,13H2,1H3. The van der Waals surface area contributed by atoms with Crippen molar-refractivity contribution in [3.05, 3.63) is 58.1 Å². The summed E-state index contributed by atoms with van der Waals surface area (Å²) >= 11 is 9.03. The summed E-state index contributed by atoms with van der Waals surface area (Å²) in [6.45, 7) is 4.72. The zero-order chi connectivity index (χ0) is 17.8. The molecule has 0 amide bonds. The van der Waals surface area contributed by atoms with Crippen LogP contribution in [0.2, 0.25) is 0 Å². The highest BCUT2D eigenvalue weighted by atomic mass is 79.9. The molecule has 2 aromatic rings. The third kappa shape index (κ3) is 4.32. The van der Waals surface area contributed by atoms with Gasteiger partial charge in [0.25, 0.3) is 0 Å². The van der Waals surface area contributed by atoms with Crippen LogP contribution in [-0.2, 0) is 6.54 Å². The molecule has 1 aliphatic heterocycles. The van der Waals surface area contributed by atoms with Crippen molar-refractivity contribution in [2.75, 3.05) is 33.3 Å². The molecule has 1 fully saturated rings. The Hall–Kier alpha value is -1.63. The lowest BCUT2D eigenvalue weighted by atomic mass is 10.1. The molecule has 0 spiro atoms. The minimum Gasteiger partial charge on any atom is -0.503 e. The van der Waals surface area contributed by atoms with E-state index in [1.54, 1.807) is 6.07 Å². The molecule has 3 rings (SSSR count). The van der Waals surface area contributed by atoms with Crippen LogP contribution in [0.4, 0.5) is 0 Å². The fourth-order valence-corrected chi connectivity index (χ4v) is 3.73. The number of halogens is 1. The molecule has 0 bridgehead atoms. The van der Waals surface area contributed by atoms with Crippen molar-refractivity contribution in [1.29, 1.82) is 0 Å². The van der Waals surface area contributed by atoms with Crippen LogP contribution in [0, 0.1) is 0 Å². The topological polar surface area (TPSA) is 35.9 Å². The number of aromatic hydroxyl groups is 1. The predicted octanol–water partition coefficient (Wildman–Crippen LogP) is 3.66. The van der Waals surface area contributed by atoms with Gasteiger partial charge in [-0.2, -0.15) is 0 Å². The zero-order valence-electron chi connectivity index (χ0n) is 14.1. The number of ether oxygens (including phenoxy) is 1. The van der Waals surface area contributed by atoms with Gasteiger partial charge in [-0.3, -0.25) is 4.90 Å². The molecule has 25 heavy (non-hydrogen) atoms. The fraction of sp³-hybridized carbons (Fsp3) is 0.316. The average molecular weight is 421 g/mol. The van der Waals surface area contributed by atoms with Crippen molar-refractivity contribution < 1.29 is 9.84 Å². The van der Waals surface area contributed by atoms with Crippen LogP contribution in [-0.4, -0.2) is 53.2 Å². The summed E-state index contributed by atoms with van der Waals surface area (Å²) in [5.41, 5.74) is 2.22. The van der Waals surface area contributed by atoms with E-state index in [9.17, 15) is 5.11 Å². The number of rotatable bonds is 4. The molecule has 132 valence electrons. The second-order valence-corrected chi connectivity index (χ2v) is 7.30. The fourth-order valence-electron chi connectivity index (χ4n) is 2.99. The first-order valence-electron chi connectivity index (χ1n) is 8.20. The predicted molar refractivity (Wildman–Crippen MR) is 107 cm³/mol. The van der Waals surface area contributed by atoms with Gasteiger partial charge in [-0.1, -0.05) is 42.5 Å². The van der Waals surface area contributed by atoms with Crippen molar-refractivity contribution in [2.45, 2.75) is 6.54 Å². The van der Waals surface area contributed by atoms with Crippen LogP contribution in [0.5, 0.6) is 11.5 Å². The Labute approximate surface area is 162 Å². The van der Waals surface area contributed by atoms with Crippen LogP contribution in [0.25, 0.3) is 0 Å². The number of nitrogens with zero attached hydrogens (tertiary/aromatic N) is 2. The average Bonchev–Trinajstić information content (AvgIpc) is 2.65. The lowest BCUT2D eigenvalue weighted by Crippen LogP contribution is -2.48. The number of methoxy groups -OCH3 is 1. The first-order valence-corrected chi connectivity index (χ1v) is 9.40. The summed E-state index contributed by atoms with van der Waals surface area (Å²) in [5.74, 6) is 0.524. The second-order valence-electron chi connectivity index (χ2n) is 6.06. The minimum atomic E-state index is 0.0988. The van der Waals surface area contributed by atoms with Gasteiger partial charge >= 0.3 is 0 Å². The van der Waals surface area contributed by atoms with Gasteiger partial charge in [0, 0.05) is 38.3 Å². The van der Waals surface area contributed by atoms with Crippen molar-refractivity contribution in [2.24, 2.45) is 0 Å². The molecule has 0 atom stereocenters. The quantitative estimate of drug-likeness (QED) is 0.763. The summed E-state index contributed by atoms with van der Waals surface area (Å²) in [6, 6.07) is 14.2.